The molecule has 2 heterocycles. The Labute approximate surface area is 153 Å². The molecule has 1 atom stereocenters. The molecule has 1 aromatic carbocycles. The van der Waals surface area contributed by atoms with Crippen LogP contribution in [-0.4, -0.2) is 42.5 Å². The molecular formula is C18H24FN3O3S. The van der Waals surface area contributed by atoms with E-state index < -0.39 is 15.8 Å². The predicted octanol–water partition coefficient (Wildman–Crippen LogP) is 2.58. The van der Waals surface area contributed by atoms with Crippen LogP contribution in [0.1, 0.15) is 24.4 Å². The van der Waals surface area contributed by atoms with Gasteiger partial charge >= 0.3 is 0 Å². The van der Waals surface area contributed by atoms with Crippen LogP contribution in [-0.2, 0) is 27.9 Å². The molecule has 1 unspecified atom stereocenters. The maximum Gasteiger partial charge on any atom is 0.243 e. The smallest absolute Gasteiger partial charge is 0.243 e. The van der Waals surface area contributed by atoms with Crippen molar-refractivity contribution in [3.05, 3.63) is 47.8 Å². The van der Waals surface area contributed by atoms with Crippen molar-refractivity contribution in [2.75, 3.05) is 20.2 Å². The third kappa shape index (κ3) is 3.97. The molecule has 1 aliphatic heterocycles. The molecule has 26 heavy (non-hydrogen) atoms. The quantitative estimate of drug-likeness (QED) is 0.772. The number of benzene rings is 1. The molecule has 1 aliphatic rings. The molecule has 0 aliphatic carbocycles. The minimum absolute atomic E-state index is 0.0111. The number of piperidine rings is 1. The van der Waals surface area contributed by atoms with Crippen molar-refractivity contribution in [2.45, 2.75) is 37.8 Å². The lowest BCUT2D eigenvalue weighted by atomic mass is 9.99. The fourth-order valence-electron chi connectivity index (χ4n) is 3.43. The molecule has 0 amide bonds. The van der Waals surface area contributed by atoms with Gasteiger partial charge in [0.05, 0.1) is 4.90 Å². The first-order valence-electron chi connectivity index (χ1n) is 8.67. The van der Waals surface area contributed by atoms with Crippen LogP contribution in [0.25, 0.3) is 0 Å². The highest BCUT2D eigenvalue weighted by molar-refractivity contribution is 7.89. The summed E-state index contributed by atoms with van der Waals surface area (Å²) in [5.74, 6) is 0.476. The summed E-state index contributed by atoms with van der Waals surface area (Å²) in [4.78, 5) is 4.37. The number of nitrogens with zero attached hydrogens (tertiary/aromatic N) is 3. The largest absolute Gasteiger partial charge is 0.377 e. The summed E-state index contributed by atoms with van der Waals surface area (Å²) >= 11 is 0. The molecule has 1 fully saturated rings. The maximum absolute atomic E-state index is 13.4. The lowest BCUT2D eigenvalue weighted by Gasteiger charge is -2.32. The van der Waals surface area contributed by atoms with Crippen molar-refractivity contribution in [3.8, 4) is 0 Å². The molecule has 0 saturated carbocycles. The van der Waals surface area contributed by atoms with Crippen LogP contribution in [0.5, 0.6) is 0 Å². The van der Waals surface area contributed by atoms with E-state index in [0.29, 0.717) is 26.2 Å². The fourth-order valence-corrected chi connectivity index (χ4v) is 5.02. The van der Waals surface area contributed by atoms with Crippen LogP contribution in [0.2, 0.25) is 0 Å². The maximum atomic E-state index is 13.4. The number of hydrogen-bond donors (Lipinski definition) is 0. The monoisotopic (exact) mass is 381 g/mol. The summed E-state index contributed by atoms with van der Waals surface area (Å²) < 4.78 is 47.9. The number of imidazole rings is 1. The van der Waals surface area contributed by atoms with Crippen LogP contribution in [0.4, 0.5) is 4.39 Å². The molecule has 1 aromatic heterocycles. The summed E-state index contributed by atoms with van der Waals surface area (Å²) in [5, 5.41) is 0. The second-order valence-electron chi connectivity index (χ2n) is 6.69. The average Bonchev–Trinajstić information content (AvgIpc) is 2.96. The molecule has 8 heteroatoms. The Morgan fingerprint density at radius 3 is 2.92 bits per heavy atom. The van der Waals surface area contributed by atoms with Gasteiger partial charge in [0.25, 0.3) is 0 Å². The van der Waals surface area contributed by atoms with Crippen molar-refractivity contribution in [1.29, 1.82) is 0 Å². The number of aromatic nitrogens is 2. The van der Waals surface area contributed by atoms with Gasteiger partial charge in [0.1, 0.15) is 18.2 Å². The van der Waals surface area contributed by atoms with Gasteiger partial charge in [-0.2, -0.15) is 4.31 Å². The highest BCUT2D eigenvalue weighted by Gasteiger charge is 2.31. The fraction of sp³-hybridized carbons (Fsp3) is 0.500. The summed E-state index contributed by atoms with van der Waals surface area (Å²) in [5.41, 5.74) is 1.03. The topological polar surface area (TPSA) is 64.4 Å². The van der Waals surface area contributed by atoms with Crippen LogP contribution in [0, 0.1) is 18.7 Å². The van der Waals surface area contributed by atoms with E-state index in [-0.39, 0.29) is 10.8 Å². The zero-order valence-electron chi connectivity index (χ0n) is 15.1. The number of rotatable bonds is 6. The van der Waals surface area contributed by atoms with Gasteiger partial charge < -0.3 is 9.30 Å². The number of halogens is 1. The molecular weight excluding hydrogens is 357 g/mol. The normalized spacial score (nSPS) is 19.0. The Morgan fingerprint density at radius 1 is 1.38 bits per heavy atom. The Morgan fingerprint density at radius 2 is 2.19 bits per heavy atom. The molecule has 0 N–H and O–H groups in total. The van der Waals surface area contributed by atoms with E-state index in [9.17, 15) is 12.8 Å². The van der Waals surface area contributed by atoms with E-state index >= 15 is 0 Å². The summed E-state index contributed by atoms with van der Waals surface area (Å²) in [7, 11) is -2.06. The Balaban J connectivity index is 1.76. The van der Waals surface area contributed by atoms with Gasteiger partial charge in [0, 0.05) is 38.6 Å². The summed E-state index contributed by atoms with van der Waals surface area (Å²) in [6.07, 6.45) is 3.53. The zero-order chi connectivity index (χ0) is 18.7. The third-order valence-electron chi connectivity index (χ3n) is 4.77. The minimum Gasteiger partial charge on any atom is -0.377 e. The Bertz CT molecular complexity index is 866. The number of aryl methyl sites for hydroxylation is 1. The molecule has 1 saturated heterocycles. The molecule has 2 aromatic rings. The van der Waals surface area contributed by atoms with Gasteiger partial charge in [-0.3, -0.25) is 0 Å². The lowest BCUT2D eigenvalue weighted by molar-refractivity contribution is 0.169. The van der Waals surface area contributed by atoms with Gasteiger partial charge in [0.2, 0.25) is 10.0 Å². The van der Waals surface area contributed by atoms with Crippen LogP contribution >= 0.6 is 0 Å². The lowest BCUT2D eigenvalue weighted by Crippen LogP contribution is -2.41. The second-order valence-corrected chi connectivity index (χ2v) is 8.63. The number of hydrogen-bond acceptors (Lipinski definition) is 4. The molecule has 6 nitrogen and oxygen atoms in total. The van der Waals surface area contributed by atoms with Gasteiger partial charge in [0.15, 0.2) is 0 Å². The standard InChI is InChI=1S/C18H24FN3O3S/c1-14-10-20-18(13-25-2)22(14)12-15-5-4-8-21(11-15)26(23,24)17-7-3-6-16(19)9-17/h3,6-7,9-10,15H,4-5,8,11-13H2,1-2H3. The van der Waals surface area contributed by atoms with Gasteiger partial charge in [-0.25, -0.2) is 17.8 Å². The Kier molecular flexibility index (Phi) is 5.74. The van der Waals surface area contributed by atoms with Crippen LogP contribution in [0.3, 0.4) is 0 Å². The number of ether oxygens (including phenoxy) is 1. The molecule has 3 rings (SSSR count). The van der Waals surface area contributed by atoms with Gasteiger partial charge in [-0.1, -0.05) is 6.07 Å². The van der Waals surface area contributed by atoms with E-state index in [0.717, 1.165) is 30.4 Å². The highest BCUT2D eigenvalue weighted by atomic mass is 32.2. The molecule has 0 spiro atoms. The van der Waals surface area contributed by atoms with E-state index in [2.05, 4.69) is 9.55 Å². The summed E-state index contributed by atoms with van der Waals surface area (Å²) in [6.45, 7) is 3.98. The van der Waals surface area contributed by atoms with E-state index in [4.69, 9.17) is 4.74 Å². The van der Waals surface area contributed by atoms with Crippen molar-refractivity contribution in [2.24, 2.45) is 5.92 Å². The van der Waals surface area contributed by atoms with Crippen LogP contribution in [0.15, 0.2) is 35.4 Å². The first-order chi connectivity index (χ1) is 12.4. The average molecular weight is 381 g/mol. The first-order valence-corrected chi connectivity index (χ1v) is 10.1. The highest BCUT2D eigenvalue weighted by Crippen LogP contribution is 2.26. The first kappa shape index (κ1) is 19.0. The zero-order valence-corrected chi connectivity index (χ0v) is 15.9. The van der Waals surface area contributed by atoms with Crippen molar-refractivity contribution >= 4 is 10.0 Å². The van der Waals surface area contributed by atoms with Gasteiger partial charge in [-0.05, 0) is 43.9 Å². The molecule has 142 valence electrons. The Hall–Kier alpha value is -1.77. The van der Waals surface area contributed by atoms with Crippen molar-refractivity contribution < 1.29 is 17.5 Å². The minimum atomic E-state index is -3.68. The van der Waals surface area contributed by atoms with E-state index in [1.807, 2.05) is 6.92 Å². The second kappa shape index (κ2) is 7.85. The SMILES string of the molecule is COCc1ncc(C)n1CC1CCCN(S(=O)(=O)c2cccc(F)c2)C1. The molecule has 0 radical (unpaired) electrons. The number of sulfonamides is 1. The molecule has 0 bridgehead atoms. The summed E-state index contributed by atoms with van der Waals surface area (Å²) in [6, 6.07) is 5.20. The van der Waals surface area contributed by atoms with Gasteiger partial charge in [-0.15, -0.1) is 0 Å². The van der Waals surface area contributed by atoms with Crippen molar-refractivity contribution in [1.82, 2.24) is 13.9 Å². The predicted molar refractivity (Wildman–Crippen MR) is 95.6 cm³/mol. The van der Waals surface area contributed by atoms with Crippen molar-refractivity contribution in [3.63, 3.8) is 0 Å². The number of methoxy groups -OCH3 is 1. The third-order valence-corrected chi connectivity index (χ3v) is 6.63. The van der Waals surface area contributed by atoms with E-state index in [1.165, 1.54) is 22.5 Å². The van der Waals surface area contributed by atoms with Crippen LogP contribution < -0.4 is 0 Å². The van der Waals surface area contributed by atoms with E-state index in [1.54, 1.807) is 13.3 Å².